The molecule has 0 unspecified atom stereocenters. The van der Waals surface area contributed by atoms with Crippen molar-refractivity contribution in [2.45, 2.75) is 6.67 Å². The molecule has 1 aromatic carbocycles. The minimum Gasteiger partial charge on any atom is -0.367 e. The third-order valence-corrected chi connectivity index (χ3v) is 2.05. The first-order chi connectivity index (χ1) is 6.83. The van der Waals surface area contributed by atoms with Gasteiger partial charge in [0.2, 0.25) is 5.88 Å². The van der Waals surface area contributed by atoms with Crippen LogP contribution in [0.5, 0.6) is 0 Å². The molecule has 2 rings (SSSR count). The molecule has 0 atom stereocenters. The van der Waals surface area contributed by atoms with Gasteiger partial charge in [0.1, 0.15) is 6.67 Å². The highest BCUT2D eigenvalue weighted by Gasteiger charge is 2.10. The van der Waals surface area contributed by atoms with Gasteiger partial charge in [0.15, 0.2) is 0 Å². The lowest BCUT2D eigenvalue weighted by molar-refractivity contribution is 0.436. The Hall–Kier alpha value is -1.84. The zero-order chi connectivity index (χ0) is 9.97. The normalized spacial score (nSPS) is 10.4. The van der Waals surface area contributed by atoms with Gasteiger partial charge in [-0.05, 0) is 11.1 Å². The smallest absolute Gasteiger partial charge is 0.229 e. The molecule has 0 saturated carbocycles. The van der Waals surface area contributed by atoms with Crippen molar-refractivity contribution in [3.05, 3.63) is 36.0 Å². The van der Waals surface area contributed by atoms with Crippen molar-refractivity contribution >= 4 is 5.88 Å². The Bertz CT molecular complexity index is 439. The fraction of sp³-hybridized carbons (Fsp3) is 0.100. The number of nitrogens with two attached hydrogens (primary N) is 1. The van der Waals surface area contributed by atoms with Gasteiger partial charge in [-0.3, -0.25) is 0 Å². The monoisotopic (exact) mass is 192 g/mol. The summed E-state index contributed by atoms with van der Waals surface area (Å²) in [4.78, 5) is 0. The maximum Gasteiger partial charge on any atom is 0.229 e. The van der Waals surface area contributed by atoms with Crippen LogP contribution >= 0.6 is 0 Å². The summed E-state index contributed by atoms with van der Waals surface area (Å²) < 4.78 is 17.3. The third kappa shape index (κ3) is 1.35. The first-order valence-electron chi connectivity index (χ1n) is 4.17. The SMILES string of the molecule is Nc1oncc1-c1ccccc1CF. The van der Waals surface area contributed by atoms with Crippen LogP contribution in [0.1, 0.15) is 5.56 Å². The van der Waals surface area contributed by atoms with E-state index in [0.29, 0.717) is 11.1 Å². The Morgan fingerprint density at radius 1 is 1.29 bits per heavy atom. The van der Waals surface area contributed by atoms with Crippen molar-refractivity contribution in [2.24, 2.45) is 0 Å². The van der Waals surface area contributed by atoms with Crippen LogP contribution in [-0.2, 0) is 6.67 Å². The molecule has 0 amide bonds. The van der Waals surface area contributed by atoms with E-state index in [4.69, 9.17) is 10.3 Å². The van der Waals surface area contributed by atoms with E-state index in [1.54, 1.807) is 18.2 Å². The van der Waals surface area contributed by atoms with Gasteiger partial charge in [0.25, 0.3) is 0 Å². The molecule has 0 aliphatic heterocycles. The largest absolute Gasteiger partial charge is 0.367 e. The molecule has 0 radical (unpaired) electrons. The number of benzene rings is 1. The second kappa shape index (κ2) is 3.49. The molecule has 72 valence electrons. The second-order valence-electron chi connectivity index (χ2n) is 2.89. The van der Waals surface area contributed by atoms with Crippen LogP contribution in [0.15, 0.2) is 35.0 Å². The van der Waals surface area contributed by atoms with Gasteiger partial charge in [-0.25, -0.2) is 4.39 Å². The number of rotatable bonds is 2. The lowest BCUT2D eigenvalue weighted by Crippen LogP contribution is -1.89. The predicted octanol–water partition coefficient (Wildman–Crippen LogP) is 2.39. The summed E-state index contributed by atoms with van der Waals surface area (Å²) in [6.07, 6.45) is 1.49. The number of halogens is 1. The predicted molar refractivity (Wildman–Crippen MR) is 51.2 cm³/mol. The van der Waals surface area contributed by atoms with Gasteiger partial charge in [0.05, 0.1) is 11.8 Å². The van der Waals surface area contributed by atoms with Crippen LogP contribution < -0.4 is 5.73 Å². The van der Waals surface area contributed by atoms with Crippen molar-refractivity contribution in [3.63, 3.8) is 0 Å². The fourth-order valence-corrected chi connectivity index (χ4v) is 1.35. The standard InChI is InChI=1S/C10H9FN2O/c11-5-7-3-1-2-4-8(7)9-6-13-14-10(9)12/h1-4,6H,5,12H2. The van der Waals surface area contributed by atoms with Gasteiger partial charge in [-0.2, -0.15) is 0 Å². The molecule has 3 nitrogen and oxygen atoms in total. The molecule has 0 bridgehead atoms. The quantitative estimate of drug-likeness (QED) is 0.794. The molecule has 1 aromatic heterocycles. The lowest BCUT2D eigenvalue weighted by Gasteiger charge is -2.02. The van der Waals surface area contributed by atoms with Crippen molar-refractivity contribution in [3.8, 4) is 11.1 Å². The summed E-state index contributed by atoms with van der Waals surface area (Å²) in [5, 5.41) is 3.55. The first-order valence-corrected chi connectivity index (χ1v) is 4.17. The molecular weight excluding hydrogens is 183 g/mol. The lowest BCUT2D eigenvalue weighted by atomic mass is 10.0. The minimum absolute atomic E-state index is 0.214. The molecule has 0 saturated heterocycles. The Kier molecular flexibility index (Phi) is 2.18. The number of nitrogens with zero attached hydrogens (tertiary/aromatic N) is 1. The van der Waals surface area contributed by atoms with E-state index >= 15 is 0 Å². The average Bonchev–Trinajstić information content (AvgIpc) is 2.64. The number of nitrogen functional groups attached to an aromatic ring is 1. The van der Waals surface area contributed by atoms with Gasteiger partial charge >= 0.3 is 0 Å². The van der Waals surface area contributed by atoms with Gasteiger partial charge in [0, 0.05) is 0 Å². The molecule has 0 aliphatic rings. The van der Waals surface area contributed by atoms with E-state index in [-0.39, 0.29) is 5.88 Å². The van der Waals surface area contributed by atoms with Gasteiger partial charge in [-0.15, -0.1) is 0 Å². The number of hydrogen-bond donors (Lipinski definition) is 1. The van der Waals surface area contributed by atoms with Crippen molar-refractivity contribution in [1.82, 2.24) is 5.16 Å². The third-order valence-electron chi connectivity index (χ3n) is 2.05. The van der Waals surface area contributed by atoms with Crippen LogP contribution in [0.4, 0.5) is 10.3 Å². The van der Waals surface area contributed by atoms with E-state index in [9.17, 15) is 4.39 Å². The highest BCUT2D eigenvalue weighted by atomic mass is 19.1. The number of hydrogen-bond acceptors (Lipinski definition) is 3. The zero-order valence-corrected chi connectivity index (χ0v) is 7.40. The first kappa shape index (κ1) is 8.74. The van der Waals surface area contributed by atoms with E-state index in [1.165, 1.54) is 6.20 Å². The number of aromatic nitrogens is 1. The number of anilines is 1. The highest BCUT2D eigenvalue weighted by molar-refractivity contribution is 5.74. The van der Waals surface area contributed by atoms with Crippen LogP contribution in [0, 0.1) is 0 Å². The summed E-state index contributed by atoms with van der Waals surface area (Å²) in [5.41, 5.74) is 7.50. The van der Waals surface area contributed by atoms with Crippen molar-refractivity contribution < 1.29 is 8.91 Å². The summed E-state index contributed by atoms with van der Waals surface area (Å²) in [7, 11) is 0. The van der Waals surface area contributed by atoms with Crippen LogP contribution in [0.2, 0.25) is 0 Å². The highest BCUT2D eigenvalue weighted by Crippen LogP contribution is 2.28. The molecule has 4 heteroatoms. The Morgan fingerprint density at radius 3 is 2.71 bits per heavy atom. The molecule has 0 aliphatic carbocycles. The van der Waals surface area contributed by atoms with Gasteiger partial charge < -0.3 is 10.3 Å². The Balaban J connectivity index is 2.56. The summed E-state index contributed by atoms with van der Waals surface area (Å²) in [5.74, 6) is 0.214. The van der Waals surface area contributed by atoms with Crippen LogP contribution in [0.3, 0.4) is 0 Å². The van der Waals surface area contributed by atoms with Crippen LogP contribution in [0.25, 0.3) is 11.1 Å². The molecule has 0 spiro atoms. The second-order valence-corrected chi connectivity index (χ2v) is 2.89. The van der Waals surface area contributed by atoms with E-state index in [1.807, 2.05) is 6.07 Å². The summed E-state index contributed by atoms with van der Waals surface area (Å²) in [6.45, 7) is -0.527. The Morgan fingerprint density at radius 2 is 2.07 bits per heavy atom. The minimum atomic E-state index is -0.527. The number of alkyl halides is 1. The Labute approximate surface area is 80.3 Å². The van der Waals surface area contributed by atoms with Crippen molar-refractivity contribution in [2.75, 3.05) is 5.73 Å². The molecule has 14 heavy (non-hydrogen) atoms. The van der Waals surface area contributed by atoms with E-state index in [2.05, 4.69) is 5.16 Å². The zero-order valence-electron chi connectivity index (χ0n) is 7.40. The van der Waals surface area contributed by atoms with Crippen molar-refractivity contribution in [1.29, 1.82) is 0 Å². The topological polar surface area (TPSA) is 52.0 Å². The van der Waals surface area contributed by atoms with Crippen LogP contribution in [-0.4, -0.2) is 5.16 Å². The molecule has 2 N–H and O–H groups in total. The van der Waals surface area contributed by atoms with E-state index < -0.39 is 6.67 Å². The maximum absolute atomic E-state index is 12.6. The molecule has 0 fully saturated rings. The van der Waals surface area contributed by atoms with Gasteiger partial charge in [-0.1, -0.05) is 29.4 Å². The maximum atomic E-state index is 12.6. The summed E-state index contributed by atoms with van der Waals surface area (Å²) in [6, 6.07) is 7.10. The van der Waals surface area contributed by atoms with E-state index in [0.717, 1.165) is 5.56 Å². The average molecular weight is 192 g/mol. The molecular formula is C10H9FN2O. The molecule has 1 heterocycles. The summed E-state index contributed by atoms with van der Waals surface area (Å²) >= 11 is 0. The fourth-order valence-electron chi connectivity index (χ4n) is 1.35. The molecule has 2 aromatic rings.